The van der Waals surface area contributed by atoms with E-state index in [0.717, 1.165) is 6.08 Å². The van der Waals surface area contributed by atoms with Crippen LogP contribution in [-0.4, -0.2) is 32.6 Å². The normalized spacial score (nSPS) is 13.3. The Kier molecular flexibility index (Phi) is 5.92. The summed E-state index contributed by atoms with van der Waals surface area (Å²) in [5.74, 6) is -0.897. The number of hydrogen-bond acceptors (Lipinski definition) is 4. The van der Waals surface area contributed by atoms with E-state index < -0.39 is 16.0 Å². The first-order valence-corrected chi connectivity index (χ1v) is 7.89. The summed E-state index contributed by atoms with van der Waals surface area (Å²) in [6.07, 6.45) is 2.92. The molecule has 7 heteroatoms. The molecule has 1 rings (SSSR count). The maximum atomic E-state index is 12.3. The Morgan fingerprint density at radius 3 is 2.67 bits per heavy atom. The summed E-state index contributed by atoms with van der Waals surface area (Å²) in [5.41, 5.74) is 0.461. The van der Waals surface area contributed by atoms with E-state index in [2.05, 4.69) is 4.72 Å². The van der Waals surface area contributed by atoms with E-state index in [1.807, 2.05) is 6.92 Å². The van der Waals surface area contributed by atoms with E-state index in [0.29, 0.717) is 12.0 Å². The average molecular weight is 313 g/mol. The van der Waals surface area contributed by atoms with Gasteiger partial charge >= 0.3 is 5.97 Å². The number of carbonyl (C=O) groups is 1. The Morgan fingerprint density at radius 1 is 1.48 bits per heavy atom. The zero-order valence-corrected chi connectivity index (χ0v) is 13.0. The van der Waals surface area contributed by atoms with Gasteiger partial charge in [-0.05, 0) is 37.1 Å². The van der Waals surface area contributed by atoms with Crippen LogP contribution in [0.1, 0.15) is 25.8 Å². The molecule has 0 spiro atoms. The predicted molar refractivity (Wildman–Crippen MR) is 79.7 cm³/mol. The Balaban J connectivity index is 3.25. The highest BCUT2D eigenvalue weighted by Gasteiger charge is 2.21. The molecule has 1 aromatic carbocycles. The Hall–Kier alpha value is -1.86. The number of aliphatic carboxylic acids is 1. The van der Waals surface area contributed by atoms with Gasteiger partial charge in [0.25, 0.3) is 0 Å². The van der Waals surface area contributed by atoms with Gasteiger partial charge in [0.2, 0.25) is 10.0 Å². The maximum Gasteiger partial charge on any atom is 0.328 e. The highest BCUT2D eigenvalue weighted by atomic mass is 32.2. The van der Waals surface area contributed by atoms with Crippen LogP contribution >= 0.6 is 0 Å². The lowest BCUT2D eigenvalue weighted by molar-refractivity contribution is -0.131. The fraction of sp³-hybridized carbons (Fsp3) is 0.357. The number of carboxylic acids is 1. The second-order valence-corrected chi connectivity index (χ2v) is 6.19. The summed E-state index contributed by atoms with van der Waals surface area (Å²) in [4.78, 5) is 10.5. The van der Waals surface area contributed by atoms with Gasteiger partial charge in [-0.3, -0.25) is 0 Å². The van der Waals surface area contributed by atoms with Crippen LogP contribution in [0, 0.1) is 0 Å². The fourth-order valence-corrected chi connectivity index (χ4v) is 3.12. The van der Waals surface area contributed by atoms with Crippen LogP contribution in [0.15, 0.2) is 29.2 Å². The maximum absolute atomic E-state index is 12.3. The lowest BCUT2D eigenvalue weighted by atomic mass is 10.2. The Morgan fingerprint density at radius 2 is 2.14 bits per heavy atom. The molecular formula is C14H19NO5S. The first kappa shape index (κ1) is 17.2. The third-order valence-corrected chi connectivity index (χ3v) is 4.48. The number of rotatable bonds is 7. The van der Waals surface area contributed by atoms with Crippen molar-refractivity contribution in [2.24, 2.45) is 0 Å². The third kappa shape index (κ3) is 4.87. The Bertz CT molecular complexity index is 637. The number of methoxy groups -OCH3 is 1. The SMILES string of the molecule is CC[C@H](C)NS(=O)(=O)c1cc(/C=C/C(=O)O)ccc1OC. The second-order valence-electron chi connectivity index (χ2n) is 4.51. The summed E-state index contributed by atoms with van der Waals surface area (Å²) >= 11 is 0. The standard InChI is InChI=1S/C14H19NO5S/c1-4-10(2)15-21(18,19)13-9-11(6-8-14(16)17)5-7-12(13)20-3/h5-10,15H,4H2,1-3H3,(H,16,17)/b8-6+/t10-/m0/s1. The molecule has 116 valence electrons. The number of sulfonamides is 1. The molecule has 0 fully saturated rings. The third-order valence-electron chi connectivity index (χ3n) is 2.86. The van der Waals surface area contributed by atoms with Gasteiger partial charge in [0.15, 0.2) is 0 Å². The summed E-state index contributed by atoms with van der Waals surface area (Å²) in [6.45, 7) is 3.63. The van der Waals surface area contributed by atoms with Crippen molar-refractivity contribution in [2.75, 3.05) is 7.11 Å². The number of carboxylic acid groups (broad SMARTS) is 1. The zero-order valence-electron chi connectivity index (χ0n) is 12.2. The molecule has 21 heavy (non-hydrogen) atoms. The first-order chi connectivity index (χ1) is 9.80. The molecule has 6 nitrogen and oxygen atoms in total. The van der Waals surface area contributed by atoms with E-state index in [1.54, 1.807) is 13.0 Å². The molecule has 1 atom stereocenters. The first-order valence-electron chi connectivity index (χ1n) is 6.41. The van der Waals surface area contributed by atoms with Gasteiger partial charge in [-0.2, -0.15) is 0 Å². The van der Waals surface area contributed by atoms with Gasteiger partial charge in [0.05, 0.1) is 7.11 Å². The zero-order chi connectivity index (χ0) is 16.0. The largest absolute Gasteiger partial charge is 0.495 e. The van der Waals surface area contributed by atoms with E-state index in [9.17, 15) is 13.2 Å². The molecule has 0 heterocycles. The topological polar surface area (TPSA) is 92.7 Å². The monoisotopic (exact) mass is 313 g/mol. The van der Waals surface area contributed by atoms with Crippen molar-refractivity contribution in [1.29, 1.82) is 0 Å². The quantitative estimate of drug-likeness (QED) is 0.750. The molecule has 0 aromatic heterocycles. The predicted octanol–water partition coefficient (Wildman–Crippen LogP) is 1.87. The molecule has 1 aromatic rings. The van der Waals surface area contributed by atoms with Gasteiger partial charge < -0.3 is 9.84 Å². The molecule has 0 unspecified atom stereocenters. The highest BCUT2D eigenvalue weighted by Crippen LogP contribution is 2.25. The van der Waals surface area contributed by atoms with Gasteiger partial charge in [0, 0.05) is 12.1 Å². The fourth-order valence-electron chi connectivity index (χ4n) is 1.59. The minimum Gasteiger partial charge on any atom is -0.495 e. The average Bonchev–Trinajstić information content (AvgIpc) is 2.44. The van der Waals surface area contributed by atoms with Crippen molar-refractivity contribution in [3.63, 3.8) is 0 Å². The van der Waals surface area contributed by atoms with Crippen molar-refractivity contribution in [2.45, 2.75) is 31.2 Å². The van der Waals surface area contributed by atoms with Crippen LogP contribution in [0.3, 0.4) is 0 Å². The molecule has 0 radical (unpaired) electrons. The van der Waals surface area contributed by atoms with Crippen LogP contribution in [0.2, 0.25) is 0 Å². The highest BCUT2D eigenvalue weighted by molar-refractivity contribution is 7.89. The minimum atomic E-state index is -3.73. The van der Waals surface area contributed by atoms with Crippen LogP contribution in [0.4, 0.5) is 0 Å². The van der Waals surface area contributed by atoms with Crippen LogP contribution < -0.4 is 9.46 Å². The number of benzene rings is 1. The minimum absolute atomic E-state index is 0.0159. The molecule has 0 saturated carbocycles. The van der Waals surface area contributed by atoms with Gasteiger partial charge in [0.1, 0.15) is 10.6 Å². The summed E-state index contributed by atoms with van der Waals surface area (Å²) in [5, 5.41) is 8.61. The van der Waals surface area contributed by atoms with E-state index in [4.69, 9.17) is 9.84 Å². The molecule has 0 aliphatic rings. The molecule has 0 aliphatic heterocycles. The summed E-state index contributed by atoms with van der Waals surface area (Å²) in [7, 11) is -2.35. The lowest BCUT2D eigenvalue weighted by Crippen LogP contribution is -2.32. The number of hydrogen-bond donors (Lipinski definition) is 2. The number of nitrogens with one attached hydrogen (secondary N) is 1. The van der Waals surface area contributed by atoms with Crippen LogP contribution in [0.25, 0.3) is 6.08 Å². The van der Waals surface area contributed by atoms with Crippen molar-refractivity contribution in [3.8, 4) is 5.75 Å². The number of ether oxygens (including phenoxy) is 1. The van der Waals surface area contributed by atoms with Crippen molar-refractivity contribution >= 4 is 22.1 Å². The Labute approximate surface area is 124 Å². The lowest BCUT2D eigenvalue weighted by Gasteiger charge is -2.15. The molecule has 0 aliphatic carbocycles. The van der Waals surface area contributed by atoms with E-state index in [1.165, 1.54) is 25.3 Å². The van der Waals surface area contributed by atoms with E-state index >= 15 is 0 Å². The molecule has 0 bridgehead atoms. The van der Waals surface area contributed by atoms with Gasteiger partial charge in [-0.15, -0.1) is 0 Å². The molecular weight excluding hydrogens is 294 g/mol. The summed E-state index contributed by atoms with van der Waals surface area (Å²) < 4.78 is 32.3. The van der Waals surface area contributed by atoms with Crippen molar-refractivity contribution < 1.29 is 23.1 Å². The van der Waals surface area contributed by atoms with Gasteiger partial charge in [-0.25, -0.2) is 17.9 Å². The van der Waals surface area contributed by atoms with Crippen molar-refractivity contribution in [3.05, 3.63) is 29.8 Å². The van der Waals surface area contributed by atoms with Crippen molar-refractivity contribution in [1.82, 2.24) is 4.72 Å². The molecule has 0 saturated heterocycles. The molecule has 2 N–H and O–H groups in total. The van der Waals surface area contributed by atoms with E-state index in [-0.39, 0.29) is 16.7 Å². The van der Waals surface area contributed by atoms with Gasteiger partial charge in [-0.1, -0.05) is 13.0 Å². The second kappa shape index (κ2) is 7.24. The summed E-state index contributed by atoms with van der Waals surface area (Å²) in [6, 6.07) is 4.24. The smallest absolute Gasteiger partial charge is 0.328 e. The molecule has 0 amide bonds. The van der Waals surface area contributed by atoms with Crippen LogP contribution in [0.5, 0.6) is 5.75 Å². The van der Waals surface area contributed by atoms with Crippen LogP contribution in [-0.2, 0) is 14.8 Å².